The number of ether oxygens (including phenoxy) is 3. The molecule has 0 fully saturated rings. The number of carbonyl (C=O) groups is 2. The predicted octanol–water partition coefficient (Wildman–Crippen LogP) is 2.05. The third kappa shape index (κ3) is 4.10. The molecule has 0 aliphatic carbocycles. The number of halogens is 2. The number of hydrogen-bond donors (Lipinski definition) is 2. The average molecular weight is 447 g/mol. The number of nitrogens with one attached hydrogen (secondary N) is 2. The fraction of sp³-hybridized carbons (Fsp3) is 0.222. The lowest BCUT2D eigenvalue weighted by atomic mass is 10.1. The zero-order valence-corrected chi connectivity index (χ0v) is 16.6. The van der Waals surface area contributed by atoms with Crippen LogP contribution in [0.1, 0.15) is 29.1 Å². The number of rotatable bonds is 5. The molecule has 1 aliphatic rings. The van der Waals surface area contributed by atoms with E-state index in [4.69, 9.17) is 0 Å². The van der Waals surface area contributed by atoms with Gasteiger partial charge in [-0.2, -0.15) is 9.78 Å². The van der Waals surface area contributed by atoms with Crippen LogP contribution in [0.15, 0.2) is 36.9 Å². The van der Waals surface area contributed by atoms with Crippen LogP contribution in [0.2, 0.25) is 0 Å². The Hall–Kier alpha value is -4.36. The SMILES string of the molecule is COC(=O)c1cc2c(cc1NC(=O)N[C@@H](C)c1ncnn1-c1ncccn1)OC(F)(F)O2. The van der Waals surface area contributed by atoms with Gasteiger partial charge in [0.2, 0.25) is 0 Å². The van der Waals surface area contributed by atoms with Crippen molar-refractivity contribution in [1.82, 2.24) is 30.0 Å². The Labute approximate surface area is 178 Å². The molecule has 0 saturated heterocycles. The number of alkyl halides is 2. The van der Waals surface area contributed by atoms with Crippen molar-refractivity contribution in [2.45, 2.75) is 19.3 Å². The molecule has 32 heavy (non-hydrogen) atoms. The number of amides is 2. The van der Waals surface area contributed by atoms with Crippen LogP contribution in [0.25, 0.3) is 5.95 Å². The third-order valence-electron chi connectivity index (χ3n) is 4.25. The van der Waals surface area contributed by atoms with Crippen molar-refractivity contribution in [2.24, 2.45) is 0 Å². The molecule has 0 bridgehead atoms. The Balaban J connectivity index is 1.54. The molecule has 2 aromatic heterocycles. The van der Waals surface area contributed by atoms with E-state index in [-0.39, 0.29) is 28.7 Å². The van der Waals surface area contributed by atoms with Gasteiger partial charge in [-0.15, -0.1) is 8.78 Å². The second-order valence-corrected chi connectivity index (χ2v) is 6.40. The van der Waals surface area contributed by atoms with Crippen molar-refractivity contribution in [3.05, 3.63) is 48.3 Å². The van der Waals surface area contributed by atoms with Crippen LogP contribution < -0.4 is 20.1 Å². The summed E-state index contributed by atoms with van der Waals surface area (Å²) in [6.45, 7) is 1.63. The topological polar surface area (TPSA) is 142 Å². The van der Waals surface area contributed by atoms with Crippen LogP contribution in [-0.2, 0) is 4.74 Å². The fourth-order valence-electron chi connectivity index (χ4n) is 2.90. The minimum absolute atomic E-state index is 0.130. The maximum atomic E-state index is 13.4. The van der Waals surface area contributed by atoms with Crippen LogP contribution in [-0.4, -0.2) is 50.1 Å². The summed E-state index contributed by atoms with van der Waals surface area (Å²) < 4.78 is 41.4. The maximum Gasteiger partial charge on any atom is 0.586 e. The average Bonchev–Trinajstić information content (AvgIpc) is 3.36. The zero-order valence-electron chi connectivity index (χ0n) is 16.6. The largest absolute Gasteiger partial charge is 0.586 e. The van der Waals surface area contributed by atoms with E-state index < -0.39 is 24.3 Å². The molecule has 0 radical (unpaired) electrons. The Morgan fingerprint density at radius 1 is 1.16 bits per heavy atom. The molecule has 14 heteroatoms. The van der Waals surface area contributed by atoms with E-state index in [1.807, 2.05) is 0 Å². The molecular formula is C18H15F2N7O5. The van der Waals surface area contributed by atoms with Gasteiger partial charge in [0.05, 0.1) is 24.4 Å². The highest BCUT2D eigenvalue weighted by Crippen LogP contribution is 2.44. The lowest BCUT2D eigenvalue weighted by Crippen LogP contribution is -2.33. The molecule has 0 saturated carbocycles. The first kappa shape index (κ1) is 20.9. The highest BCUT2D eigenvalue weighted by Gasteiger charge is 2.44. The standard InChI is InChI=1S/C18H15F2N7O5/c1-9(14-23-8-24-27(14)16-21-4-3-5-22-16)25-17(29)26-11-7-13-12(31-18(19,20)32-13)6-10(11)15(28)30-2/h3-9H,1-2H3,(H2,25,26,29)/t9-/m0/s1. The van der Waals surface area contributed by atoms with Gasteiger partial charge in [0.1, 0.15) is 6.33 Å². The number of urea groups is 1. The maximum absolute atomic E-state index is 13.4. The molecule has 1 aromatic carbocycles. The highest BCUT2D eigenvalue weighted by atomic mass is 19.3. The van der Waals surface area contributed by atoms with Crippen LogP contribution in [0, 0.1) is 0 Å². The van der Waals surface area contributed by atoms with Crippen LogP contribution in [0.3, 0.4) is 0 Å². The van der Waals surface area contributed by atoms with Gasteiger partial charge in [-0.3, -0.25) is 0 Å². The number of esters is 1. The van der Waals surface area contributed by atoms with E-state index in [9.17, 15) is 18.4 Å². The van der Waals surface area contributed by atoms with Crippen LogP contribution in [0.5, 0.6) is 11.5 Å². The van der Waals surface area contributed by atoms with Gasteiger partial charge in [0.15, 0.2) is 17.3 Å². The molecule has 3 aromatic rings. The number of carbonyl (C=O) groups excluding carboxylic acids is 2. The van der Waals surface area contributed by atoms with Crippen molar-refractivity contribution in [3.8, 4) is 17.4 Å². The number of hydrogen-bond acceptors (Lipinski definition) is 9. The summed E-state index contributed by atoms with van der Waals surface area (Å²) in [5.74, 6) is -1.03. The van der Waals surface area contributed by atoms with Gasteiger partial charge in [0.25, 0.3) is 5.95 Å². The first-order valence-electron chi connectivity index (χ1n) is 9.04. The molecule has 4 rings (SSSR count). The molecule has 1 atom stereocenters. The van der Waals surface area contributed by atoms with Gasteiger partial charge in [-0.05, 0) is 13.0 Å². The molecule has 12 nitrogen and oxygen atoms in total. The summed E-state index contributed by atoms with van der Waals surface area (Å²) >= 11 is 0. The minimum Gasteiger partial charge on any atom is -0.465 e. The number of anilines is 1. The van der Waals surface area contributed by atoms with Gasteiger partial charge in [-0.25, -0.2) is 24.5 Å². The smallest absolute Gasteiger partial charge is 0.465 e. The molecule has 0 unspecified atom stereocenters. The molecule has 166 valence electrons. The molecule has 2 amide bonds. The van der Waals surface area contributed by atoms with E-state index in [1.54, 1.807) is 13.0 Å². The van der Waals surface area contributed by atoms with E-state index in [2.05, 4.69) is 44.9 Å². The molecule has 0 spiro atoms. The second-order valence-electron chi connectivity index (χ2n) is 6.40. The zero-order chi connectivity index (χ0) is 22.9. The Kier molecular flexibility index (Phi) is 5.26. The summed E-state index contributed by atoms with van der Waals surface area (Å²) in [5, 5.41) is 9.07. The molecule has 2 N–H and O–H groups in total. The highest BCUT2D eigenvalue weighted by molar-refractivity contribution is 6.01. The number of methoxy groups -OCH3 is 1. The van der Waals surface area contributed by atoms with Crippen molar-refractivity contribution in [1.29, 1.82) is 0 Å². The number of benzene rings is 1. The van der Waals surface area contributed by atoms with E-state index in [1.165, 1.54) is 23.4 Å². The Bertz CT molecular complexity index is 1170. The molecule has 3 heterocycles. The molecule has 1 aliphatic heterocycles. The monoisotopic (exact) mass is 447 g/mol. The fourth-order valence-corrected chi connectivity index (χ4v) is 2.90. The number of fused-ring (bicyclic) bond motifs is 1. The van der Waals surface area contributed by atoms with E-state index >= 15 is 0 Å². The quantitative estimate of drug-likeness (QED) is 0.562. The molecular weight excluding hydrogens is 432 g/mol. The van der Waals surface area contributed by atoms with Crippen molar-refractivity contribution < 1.29 is 32.6 Å². The van der Waals surface area contributed by atoms with Gasteiger partial charge < -0.3 is 24.8 Å². The van der Waals surface area contributed by atoms with Crippen LogP contribution >= 0.6 is 0 Å². The lowest BCUT2D eigenvalue weighted by Gasteiger charge is -2.16. The van der Waals surface area contributed by atoms with Gasteiger partial charge >= 0.3 is 18.3 Å². The second kappa shape index (κ2) is 8.05. The summed E-state index contributed by atoms with van der Waals surface area (Å²) in [5.41, 5.74) is -0.342. The summed E-state index contributed by atoms with van der Waals surface area (Å²) in [6, 6.07) is 2.21. The van der Waals surface area contributed by atoms with E-state index in [0.717, 1.165) is 19.2 Å². The van der Waals surface area contributed by atoms with Crippen molar-refractivity contribution >= 4 is 17.7 Å². The summed E-state index contributed by atoms with van der Waals surface area (Å²) in [4.78, 5) is 36.9. The van der Waals surface area contributed by atoms with E-state index in [0.29, 0.717) is 5.82 Å². The predicted molar refractivity (Wildman–Crippen MR) is 102 cm³/mol. The van der Waals surface area contributed by atoms with Crippen molar-refractivity contribution in [3.63, 3.8) is 0 Å². The van der Waals surface area contributed by atoms with Crippen molar-refractivity contribution in [2.75, 3.05) is 12.4 Å². The number of aromatic nitrogens is 5. The normalized spacial score (nSPS) is 14.5. The van der Waals surface area contributed by atoms with Gasteiger partial charge in [0, 0.05) is 24.5 Å². The minimum atomic E-state index is -3.89. The first-order valence-corrected chi connectivity index (χ1v) is 9.04. The lowest BCUT2D eigenvalue weighted by molar-refractivity contribution is -0.286. The third-order valence-corrected chi connectivity index (χ3v) is 4.25. The van der Waals surface area contributed by atoms with Crippen LogP contribution in [0.4, 0.5) is 19.3 Å². The summed E-state index contributed by atoms with van der Waals surface area (Å²) in [7, 11) is 1.10. The summed E-state index contributed by atoms with van der Waals surface area (Å²) in [6.07, 6.45) is 0.427. The van der Waals surface area contributed by atoms with Gasteiger partial charge in [-0.1, -0.05) is 0 Å². The Morgan fingerprint density at radius 2 is 1.84 bits per heavy atom. The number of nitrogens with zero attached hydrogens (tertiary/aromatic N) is 5. The first-order chi connectivity index (χ1) is 15.3. The Morgan fingerprint density at radius 3 is 2.53 bits per heavy atom.